The molecule has 0 saturated carbocycles. The molecule has 3 heterocycles. The molecule has 5 rings (SSSR count). The molecule has 0 bridgehead atoms. The van der Waals surface area contributed by atoms with Gasteiger partial charge in [0.05, 0.1) is 6.61 Å². The van der Waals surface area contributed by atoms with Crippen molar-refractivity contribution in [2.75, 3.05) is 30.3 Å². The number of amides is 4. The maximum atomic E-state index is 12.8. The largest absolute Gasteiger partial charge is 0.466 e. The van der Waals surface area contributed by atoms with Crippen LogP contribution in [0.1, 0.15) is 38.5 Å². The third-order valence-electron chi connectivity index (χ3n) is 7.72. The number of aromatic nitrogens is 1. The van der Waals surface area contributed by atoms with Gasteiger partial charge in [-0.15, -0.1) is 0 Å². The minimum atomic E-state index is -1.13. The Morgan fingerprint density at radius 2 is 1.31 bits per heavy atom. The number of nitrogens with zero attached hydrogens (tertiary/aromatic N) is 3. The lowest BCUT2D eigenvalue weighted by molar-refractivity contribution is -0.142. The number of esters is 1. The minimum absolute atomic E-state index is 0.137. The fourth-order valence-electron chi connectivity index (χ4n) is 5.57. The number of hydrogen-bond donors (Lipinski definition) is 4. The third kappa shape index (κ3) is 7.06. The van der Waals surface area contributed by atoms with Crippen molar-refractivity contribution < 1.29 is 43.3 Å². The quantitative estimate of drug-likeness (QED) is 0.251. The molecule has 2 aliphatic heterocycles. The molecular weight excluding hydrogens is 586 g/mol. The molecule has 2 fully saturated rings. The first-order chi connectivity index (χ1) is 21.6. The molecule has 2 atom stereocenters. The number of nitrogens with one attached hydrogen (secondary N) is 2. The van der Waals surface area contributed by atoms with Crippen molar-refractivity contribution in [3.8, 4) is 22.6 Å². The van der Waals surface area contributed by atoms with Crippen LogP contribution in [0, 0.1) is 0 Å². The molecule has 1 aromatic heterocycles. The Morgan fingerprint density at radius 1 is 0.822 bits per heavy atom. The number of hydrogen-bond acceptors (Lipinski definition) is 8. The number of oxazole rings is 1. The lowest BCUT2D eigenvalue weighted by Gasteiger charge is -2.20. The van der Waals surface area contributed by atoms with Crippen LogP contribution in [0.4, 0.5) is 21.0 Å². The van der Waals surface area contributed by atoms with Crippen LogP contribution >= 0.6 is 0 Å². The van der Waals surface area contributed by atoms with Crippen LogP contribution in [0.5, 0.6) is 0 Å². The molecular formula is C31H33N5O9. The molecule has 0 radical (unpaired) electrons. The van der Waals surface area contributed by atoms with Gasteiger partial charge in [0.15, 0.2) is 5.76 Å². The summed E-state index contributed by atoms with van der Waals surface area (Å²) >= 11 is 0. The Hall–Kier alpha value is -5.40. The summed E-state index contributed by atoms with van der Waals surface area (Å²) in [5, 5.41) is 24.2. The van der Waals surface area contributed by atoms with Gasteiger partial charge in [0, 0.05) is 35.6 Å². The number of carbonyl (C=O) groups is 5. The highest BCUT2D eigenvalue weighted by atomic mass is 16.5. The van der Waals surface area contributed by atoms with Gasteiger partial charge in [-0.25, -0.2) is 14.6 Å². The molecule has 0 spiro atoms. The summed E-state index contributed by atoms with van der Waals surface area (Å²) in [4.78, 5) is 67.4. The van der Waals surface area contributed by atoms with Crippen LogP contribution in [0.25, 0.3) is 22.6 Å². The van der Waals surface area contributed by atoms with Crippen molar-refractivity contribution in [1.29, 1.82) is 0 Å². The van der Waals surface area contributed by atoms with E-state index in [1.807, 2.05) is 0 Å². The number of rotatable bonds is 9. The van der Waals surface area contributed by atoms with Crippen molar-refractivity contribution >= 4 is 41.3 Å². The van der Waals surface area contributed by atoms with Crippen molar-refractivity contribution in [2.24, 2.45) is 0 Å². The number of carboxylic acid groups (broad SMARTS) is 2. The predicted molar refractivity (Wildman–Crippen MR) is 160 cm³/mol. The van der Waals surface area contributed by atoms with Crippen molar-refractivity contribution in [2.45, 2.75) is 51.1 Å². The van der Waals surface area contributed by atoms with Gasteiger partial charge < -0.3 is 30.0 Å². The second kappa shape index (κ2) is 13.5. The number of likely N-dealkylation sites (tertiary alicyclic amines) is 2. The SMILES string of the molecule is CCOC(=O)Cc1nc(-c2ccc(NC(=O)[C@@H]3CCCN3C(=O)O)cc2)c(-c2ccc(NC(=O)[C@@H]3CCCN3C(=O)O)cc2)o1. The topological polar surface area (TPSA) is 192 Å². The van der Waals surface area contributed by atoms with Crippen LogP contribution in [0.15, 0.2) is 52.9 Å². The first-order valence-electron chi connectivity index (χ1n) is 14.6. The van der Waals surface area contributed by atoms with Gasteiger partial charge in [-0.3, -0.25) is 24.2 Å². The molecule has 0 unspecified atom stereocenters. The van der Waals surface area contributed by atoms with E-state index >= 15 is 0 Å². The molecule has 14 nitrogen and oxygen atoms in total. The summed E-state index contributed by atoms with van der Waals surface area (Å²) in [7, 11) is 0. The van der Waals surface area contributed by atoms with Crippen molar-refractivity contribution in [1.82, 2.24) is 14.8 Å². The van der Waals surface area contributed by atoms with E-state index in [1.54, 1.807) is 55.5 Å². The summed E-state index contributed by atoms with van der Waals surface area (Å²) in [5.41, 5.74) is 2.60. The summed E-state index contributed by atoms with van der Waals surface area (Å²) in [6.45, 7) is 2.52. The molecule has 45 heavy (non-hydrogen) atoms. The average Bonchev–Trinajstić information content (AvgIpc) is 3.78. The van der Waals surface area contributed by atoms with Gasteiger partial charge in [-0.05, 0) is 69.0 Å². The second-order valence-electron chi connectivity index (χ2n) is 10.7. The molecule has 4 amide bonds. The van der Waals surface area contributed by atoms with E-state index in [0.717, 1.165) is 9.80 Å². The number of ether oxygens (including phenoxy) is 1. The average molecular weight is 620 g/mol. The highest BCUT2D eigenvalue weighted by Gasteiger charge is 2.35. The smallest absolute Gasteiger partial charge is 0.407 e. The van der Waals surface area contributed by atoms with Crippen LogP contribution in [-0.2, 0) is 25.5 Å². The Labute approximate surface area is 258 Å². The third-order valence-corrected chi connectivity index (χ3v) is 7.72. The molecule has 3 aromatic rings. The summed E-state index contributed by atoms with van der Waals surface area (Å²) in [5.74, 6) is -0.816. The van der Waals surface area contributed by atoms with Gasteiger partial charge >= 0.3 is 18.2 Å². The Morgan fingerprint density at radius 3 is 1.78 bits per heavy atom. The van der Waals surface area contributed by atoms with E-state index in [0.29, 0.717) is 72.7 Å². The van der Waals surface area contributed by atoms with Crippen LogP contribution < -0.4 is 10.6 Å². The van der Waals surface area contributed by atoms with E-state index in [9.17, 15) is 34.2 Å². The zero-order valence-electron chi connectivity index (χ0n) is 24.5. The highest BCUT2D eigenvalue weighted by molar-refractivity contribution is 5.98. The molecule has 2 saturated heterocycles. The van der Waals surface area contributed by atoms with Gasteiger partial charge in [0.2, 0.25) is 17.7 Å². The fraction of sp³-hybridized carbons (Fsp3) is 0.355. The Kier molecular flexibility index (Phi) is 9.31. The monoisotopic (exact) mass is 619 g/mol. The van der Waals surface area contributed by atoms with E-state index in [-0.39, 0.29) is 18.9 Å². The van der Waals surface area contributed by atoms with E-state index < -0.39 is 42.1 Å². The first kappa shape index (κ1) is 31.0. The van der Waals surface area contributed by atoms with Crippen molar-refractivity contribution in [3.63, 3.8) is 0 Å². The van der Waals surface area contributed by atoms with Gasteiger partial charge in [-0.2, -0.15) is 0 Å². The van der Waals surface area contributed by atoms with Crippen LogP contribution in [-0.4, -0.2) is 86.7 Å². The summed E-state index contributed by atoms with van der Waals surface area (Å²) in [6.07, 6.45) is -0.322. The minimum Gasteiger partial charge on any atom is -0.466 e. The van der Waals surface area contributed by atoms with E-state index in [2.05, 4.69) is 15.6 Å². The molecule has 2 aliphatic rings. The van der Waals surface area contributed by atoms with Gasteiger partial charge in [0.25, 0.3) is 0 Å². The van der Waals surface area contributed by atoms with Gasteiger partial charge in [-0.1, -0.05) is 12.1 Å². The molecule has 0 aliphatic carbocycles. The molecule has 236 valence electrons. The zero-order chi connectivity index (χ0) is 32.1. The molecule has 14 heteroatoms. The predicted octanol–water partition coefficient (Wildman–Crippen LogP) is 4.28. The maximum absolute atomic E-state index is 12.8. The lowest BCUT2D eigenvalue weighted by Crippen LogP contribution is -2.42. The molecule has 4 N–H and O–H groups in total. The maximum Gasteiger partial charge on any atom is 0.407 e. The van der Waals surface area contributed by atoms with Crippen LogP contribution in [0.2, 0.25) is 0 Å². The Balaban J connectivity index is 1.35. The molecule has 2 aromatic carbocycles. The van der Waals surface area contributed by atoms with E-state index in [1.165, 1.54) is 0 Å². The van der Waals surface area contributed by atoms with Crippen LogP contribution in [0.3, 0.4) is 0 Å². The summed E-state index contributed by atoms with van der Waals surface area (Å²) in [6, 6.07) is 12.0. The summed E-state index contributed by atoms with van der Waals surface area (Å²) < 4.78 is 11.1. The number of carbonyl (C=O) groups excluding carboxylic acids is 3. The Bertz CT molecular complexity index is 1480. The standard InChI is InChI=1S/C31H33N5O9/c1-2-44-25(37)17-24-34-26(18-7-11-20(12-8-18)32-28(38)22-5-3-15-35(22)30(40)41)27(45-24)19-9-13-21(14-10-19)33-29(39)23-6-4-16-36(23)31(42)43/h7-14,22-23H,2-6,15-17H2,1H3,(H,32,38)(H,33,39)(H,40,41)(H,42,43)/t22-,23-/m0/s1. The zero-order valence-corrected chi connectivity index (χ0v) is 24.5. The second-order valence-corrected chi connectivity index (χ2v) is 10.7. The van der Waals surface area contributed by atoms with Crippen molar-refractivity contribution in [3.05, 3.63) is 54.4 Å². The first-order valence-corrected chi connectivity index (χ1v) is 14.6. The normalized spacial score (nSPS) is 17.6. The van der Waals surface area contributed by atoms with Gasteiger partial charge in [0.1, 0.15) is 24.2 Å². The highest BCUT2D eigenvalue weighted by Crippen LogP contribution is 2.34. The number of anilines is 2. The van der Waals surface area contributed by atoms with E-state index in [4.69, 9.17) is 9.15 Å². The fourth-order valence-corrected chi connectivity index (χ4v) is 5.57. The lowest BCUT2D eigenvalue weighted by atomic mass is 10.0. The number of benzene rings is 2.